The van der Waals surface area contributed by atoms with Crippen molar-refractivity contribution in [2.75, 3.05) is 45.3 Å². The third-order valence-electron chi connectivity index (χ3n) is 8.03. The third kappa shape index (κ3) is 7.08. The van der Waals surface area contributed by atoms with E-state index in [1.807, 2.05) is 37.3 Å². The average Bonchev–Trinajstić information content (AvgIpc) is 3.04. The first-order valence-corrected chi connectivity index (χ1v) is 14.6. The molecule has 0 saturated carbocycles. The Morgan fingerprint density at radius 1 is 1.02 bits per heavy atom. The minimum Gasteiger partial charge on any atom is -0.493 e. The second kappa shape index (κ2) is 13.7. The molecule has 0 bridgehead atoms. The lowest BCUT2D eigenvalue weighted by Crippen LogP contribution is -2.42. The van der Waals surface area contributed by atoms with Crippen LogP contribution in [0.2, 0.25) is 0 Å². The number of primary amides is 1. The van der Waals surface area contributed by atoms with Gasteiger partial charge in [-0.3, -0.25) is 14.6 Å². The second-order valence-corrected chi connectivity index (χ2v) is 11.2. The van der Waals surface area contributed by atoms with Gasteiger partial charge in [0.2, 0.25) is 0 Å². The Hall–Kier alpha value is -4.70. The van der Waals surface area contributed by atoms with E-state index >= 15 is 4.39 Å². The van der Waals surface area contributed by atoms with Gasteiger partial charge in [-0.05, 0) is 74.6 Å². The number of rotatable bonds is 10. The highest BCUT2D eigenvalue weighted by molar-refractivity contribution is 6.39. The number of carbonyl (C=O) groups excluding carboxylic acids is 2. The molecule has 1 atom stereocenters. The maximum Gasteiger partial charge on any atom is 0.316 e. The summed E-state index contributed by atoms with van der Waals surface area (Å²) in [4.78, 5) is 32.6. The lowest BCUT2D eigenvalue weighted by Gasteiger charge is -2.28. The summed E-state index contributed by atoms with van der Waals surface area (Å²) in [6.45, 7) is 4.73. The second-order valence-electron chi connectivity index (χ2n) is 11.2. The highest BCUT2D eigenvalue weighted by atomic mass is 19.1. The van der Waals surface area contributed by atoms with Gasteiger partial charge in [0, 0.05) is 35.9 Å². The van der Waals surface area contributed by atoms with Crippen molar-refractivity contribution in [3.05, 3.63) is 84.3 Å². The molecule has 2 heterocycles. The molecule has 0 spiro atoms. The number of hydrogen-bond donors (Lipinski definition) is 1. The largest absolute Gasteiger partial charge is 0.493 e. The lowest BCUT2D eigenvalue weighted by molar-refractivity contribution is -0.135. The summed E-state index contributed by atoms with van der Waals surface area (Å²) < 4.78 is 33.3. The van der Waals surface area contributed by atoms with Crippen LogP contribution in [0.4, 0.5) is 10.1 Å². The number of benzene rings is 3. The molecule has 1 unspecified atom stereocenters. The molecule has 230 valence electrons. The molecule has 3 aromatic carbocycles. The van der Waals surface area contributed by atoms with Gasteiger partial charge in [0.05, 0.1) is 19.2 Å². The molecule has 1 fully saturated rings. The van der Waals surface area contributed by atoms with Crippen LogP contribution >= 0.6 is 0 Å². The van der Waals surface area contributed by atoms with Crippen molar-refractivity contribution in [1.29, 1.82) is 0 Å². The van der Waals surface area contributed by atoms with Crippen molar-refractivity contribution in [2.24, 2.45) is 11.7 Å². The van der Waals surface area contributed by atoms with Crippen molar-refractivity contribution in [3.63, 3.8) is 0 Å². The first-order valence-electron chi connectivity index (χ1n) is 14.6. The van der Waals surface area contributed by atoms with Crippen LogP contribution in [0, 0.1) is 11.7 Å². The summed E-state index contributed by atoms with van der Waals surface area (Å²) in [6.07, 6.45) is 3.73. The molecule has 1 aliphatic heterocycles. The van der Waals surface area contributed by atoms with Gasteiger partial charge in [-0.2, -0.15) is 0 Å². The number of piperidine rings is 1. The molecule has 4 aromatic rings. The number of aromatic nitrogens is 1. The number of carbonyl (C=O) groups is 2. The van der Waals surface area contributed by atoms with Crippen LogP contribution in [0.25, 0.3) is 10.9 Å². The molecule has 0 aliphatic carbocycles. The number of likely N-dealkylation sites (tertiary alicyclic amines) is 1. The number of nitrogens with two attached hydrogens (primary N) is 1. The number of fused-ring (bicyclic) bond motifs is 1. The Labute approximate surface area is 256 Å². The van der Waals surface area contributed by atoms with Crippen molar-refractivity contribution in [3.8, 4) is 23.0 Å². The standard InChI is InChI=1S/C34H37FN4O5/c1-22(24-7-5-4-6-8-24)20-39(34(41)33(36)40)25-9-10-30(27(35)17-25)44-29-11-14-37-28-19-32(31(42-3)18-26(28)29)43-21-23-12-15-38(2)16-13-23/h4-11,14,17-19,22-23H,12-13,15-16,20-21H2,1-3H3,(H2,36,40). The maximum absolute atomic E-state index is 15.5. The van der Waals surface area contributed by atoms with E-state index < -0.39 is 17.6 Å². The van der Waals surface area contributed by atoms with Crippen molar-refractivity contribution < 1.29 is 28.2 Å². The fourth-order valence-corrected chi connectivity index (χ4v) is 5.38. The molecule has 9 nitrogen and oxygen atoms in total. The zero-order valence-corrected chi connectivity index (χ0v) is 25.2. The summed E-state index contributed by atoms with van der Waals surface area (Å²) >= 11 is 0. The molecule has 1 aromatic heterocycles. The topological polar surface area (TPSA) is 107 Å². The number of ether oxygens (including phenoxy) is 3. The molecule has 44 heavy (non-hydrogen) atoms. The van der Waals surface area contributed by atoms with Crippen LogP contribution in [0.15, 0.2) is 72.9 Å². The Morgan fingerprint density at radius 2 is 1.77 bits per heavy atom. The minimum absolute atomic E-state index is 0.0645. The van der Waals surface area contributed by atoms with Crippen LogP contribution in [0.3, 0.4) is 0 Å². The number of methoxy groups -OCH3 is 1. The number of nitrogens with zero attached hydrogens (tertiary/aromatic N) is 3. The molecular formula is C34H37FN4O5. The molecule has 0 radical (unpaired) electrons. The predicted molar refractivity (Wildman–Crippen MR) is 167 cm³/mol. The van der Waals surface area contributed by atoms with E-state index in [4.69, 9.17) is 19.9 Å². The van der Waals surface area contributed by atoms with Crippen LogP contribution in [0.5, 0.6) is 23.0 Å². The highest BCUT2D eigenvalue weighted by Gasteiger charge is 2.25. The van der Waals surface area contributed by atoms with Gasteiger partial charge in [-0.1, -0.05) is 37.3 Å². The summed E-state index contributed by atoms with van der Waals surface area (Å²) in [6, 6.07) is 18.8. The quantitative estimate of drug-likeness (QED) is 0.239. The first kappa shape index (κ1) is 30.7. The Balaban J connectivity index is 1.37. The Kier molecular flexibility index (Phi) is 9.59. The van der Waals surface area contributed by atoms with Crippen molar-refractivity contribution >= 4 is 28.4 Å². The highest BCUT2D eigenvalue weighted by Crippen LogP contribution is 2.38. The number of halogens is 1. The van der Waals surface area contributed by atoms with Crippen LogP contribution in [-0.4, -0.2) is 62.1 Å². The fraction of sp³-hybridized carbons (Fsp3) is 0.324. The first-order chi connectivity index (χ1) is 21.2. The van der Waals surface area contributed by atoms with Crippen LogP contribution in [-0.2, 0) is 9.59 Å². The van der Waals surface area contributed by atoms with E-state index in [0.717, 1.165) is 37.6 Å². The summed E-state index contributed by atoms with van der Waals surface area (Å²) in [7, 11) is 3.69. The van der Waals surface area contributed by atoms with E-state index in [0.29, 0.717) is 40.7 Å². The Bertz CT molecular complexity index is 1630. The number of hydrogen-bond acceptors (Lipinski definition) is 7. The molecule has 5 rings (SSSR count). The Morgan fingerprint density at radius 3 is 2.45 bits per heavy atom. The number of anilines is 1. The van der Waals surface area contributed by atoms with Crippen LogP contribution in [0.1, 0.15) is 31.2 Å². The normalized spacial score (nSPS) is 14.6. The lowest BCUT2D eigenvalue weighted by atomic mass is 9.98. The zero-order chi connectivity index (χ0) is 31.2. The van der Waals surface area contributed by atoms with Gasteiger partial charge in [-0.25, -0.2) is 4.39 Å². The molecule has 10 heteroatoms. The van der Waals surface area contributed by atoms with Gasteiger partial charge < -0.3 is 29.7 Å². The van der Waals surface area contributed by atoms with Gasteiger partial charge in [0.15, 0.2) is 23.1 Å². The van der Waals surface area contributed by atoms with Crippen molar-refractivity contribution in [1.82, 2.24) is 9.88 Å². The molecule has 2 amide bonds. The zero-order valence-electron chi connectivity index (χ0n) is 25.2. The SMILES string of the molecule is COc1cc2c(Oc3ccc(N(CC(C)c4ccccc4)C(=O)C(N)=O)cc3F)ccnc2cc1OCC1CCN(C)CC1. The molecular weight excluding hydrogens is 563 g/mol. The van der Waals surface area contributed by atoms with Gasteiger partial charge >= 0.3 is 11.8 Å². The molecule has 1 aliphatic rings. The summed E-state index contributed by atoms with van der Waals surface area (Å²) in [5.74, 6) is -1.04. The summed E-state index contributed by atoms with van der Waals surface area (Å²) in [5, 5.41) is 0.613. The van der Waals surface area contributed by atoms with Gasteiger partial charge in [0.25, 0.3) is 0 Å². The number of pyridine rings is 1. The third-order valence-corrected chi connectivity index (χ3v) is 8.03. The fourth-order valence-electron chi connectivity index (χ4n) is 5.38. The minimum atomic E-state index is -1.13. The van der Waals surface area contributed by atoms with E-state index in [1.54, 1.807) is 31.5 Å². The van der Waals surface area contributed by atoms with E-state index in [1.165, 1.54) is 17.0 Å². The van der Waals surface area contributed by atoms with E-state index in [-0.39, 0.29) is 23.9 Å². The number of amides is 2. The predicted octanol–water partition coefficient (Wildman–Crippen LogP) is 5.52. The van der Waals surface area contributed by atoms with Crippen LogP contribution < -0.4 is 24.8 Å². The van der Waals surface area contributed by atoms with Gasteiger partial charge in [-0.15, -0.1) is 0 Å². The monoisotopic (exact) mass is 600 g/mol. The smallest absolute Gasteiger partial charge is 0.316 e. The molecule has 1 saturated heterocycles. The maximum atomic E-state index is 15.5. The summed E-state index contributed by atoms with van der Waals surface area (Å²) in [5.41, 5.74) is 7.09. The molecule has 2 N–H and O–H groups in total. The van der Waals surface area contributed by atoms with E-state index in [2.05, 4.69) is 16.9 Å². The van der Waals surface area contributed by atoms with Gasteiger partial charge in [0.1, 0.15) is 5.75 Å². The van der Waals surface area contributed by atoms with E-state index in [9.17, 15) is 9.59 Å². The average molecular weight is 601 g/mol. The van der Waals surface area contributed by atoms with Crippen molar-refractivity contribution in [2.45, 2.75) is 25.7 Å².